The molecule has 1 aromatic carbocycles. The average Bonchev–Trinajstić information content (AvgIpc) is 2.68. The van der Waals surface area contributed by atoms with Gasteiger partial charge in [0.1, 0.15) is 5.82 Å². The van der Waals surface area contributed by atoms with Crippen molar-refractivity contribution in [2.45, 2.75) is 44.7 Å². The fraction of sp³-hybridized carbons (Fsp3) is 0.429. The van der Waals surface area contributed by atoms with E-state index < -0.39 is 11.7 Å². The van der Waals surface area contributed by atoms with Crippen molar-refractivity contribution < 1.29 is 9.18 Å². The Hall–Kier alpha value is -2.67. The minimum atomic E-state index is -0.721. The fourth-order valence-corrected chi connectivity index (χ4v) is 3.94. The first kappa shape index (κ1) is 20.1. The summed E-state index contributed by atoms with van der Waals surface area (Å²) in [4.78, 5) is 18.2. The lowest BCUT2D eigenvalue weighted by molar-refractivity contribution is 0.100. The molecule has 4 N–H and O–H groups in total. The number of aryl methyl sites for hydroxylation is 1. The fourth-order valence-electron chi connectivity index (χ4n) is 3.94. The first-order valence-corrected chi connectivity index (χ1v) is 9.65. The van der Waals surface area contributed by atoms with Crippen LogP contribution in [0.5, 0.6) is 0 Å². The molecule has 2 aromatic rings. The number of anilines is 3. The van der Waals surface area contributed by atoms with Gasteiger partial charge in [-0.3, -0.25) is 4.79 Å². The van der Waals surface area contributed by atoms with Crippen LogP contribution in [0.4, 0.5) is 21.7 Å². The first-order valence-electron chi connectivity index (χ1n) is 9.65. The van der Waals surface area contributed by atoms with Crippen LogP contribution in [0.3, 0.4) is 0 Å². The second kappa shape index (κ2) is 8.56. The van der Waals surface area contributed by atoms with E-state index in [9.17, 15) is 9.18 Å². The van der Waals surface area contributed by atoms with Gasteiger partial charge in [0.05, 0.1) is 5.56 Å². The van der Waals surface area contributed by atoms with Crippen molar-refractivity contribution >= 4 is 23.2 Å². The van der Waals surface area contributed by atoms with Crippen molar-refractivity contribution in [1.29, 1.82) is 0 Å². The number of amides is 1. The van der Waals surface area contributed by atoms with Gasteiger partial charge in [0.2, 0.25) is 0 Å². The highest BCUT2D eigenvalue weighted by Crippen LogP contribution is 2.30. The summed E-state index contributed by atoms with van der Waals surface area (Å²) < 4.78 is 14.9. The lowest BCUT2D eigenvalue weighted by Gasteiger charge is -2.38. The van der Waals surface area contributed by atoms with Gasteiger partial charge in [-0.25, -0.2) is 9.37 Å². The number of likely N-dealkylation sites (N-methyl/N-ethyl adjacent to an activating group) is 2. The van der Waals surface area contributed by atoms with Crippen LogP contribution in [0.1, 0.15) is 41.6 Å². The highest BCUT2D eigenvalue weighted by atomic mass is 19.1. The van der Waals surface area contributed by atoms with Gasteiger partial charge in [-0.05, 0) is 50.6 Å². The molecule has 150 valence electrons. The highest BCUT2D eigenvalue weighted by molar-refractivity contribution is 5.98. The van der Waals surface area contributed by atoms with Crippen LogP contribution >= 0.6 is 0 Å². The topological polar surface area (TPSA) is 83.3 Å². The molecular formula is C21H28FN5O. The molecule has 1 heterocycles. The number of hydrogen-bond acceptors (Lipinski definition) is 5. The van der Waals surface area contributed by atoms with E-state index in [1.54, 1.807) is 0 Å². The van der Waals surface area contributed by atoms with Crippen LogP contribution in [-0.2, 0) is 0 Å². The Morgan fingerprint density at radius 3 is 2.71 bits per heavy atom. The lowest BCUT2D eigenvalue weighted by atomic mass is 9.89. The number of nitrogens with one attached hydrogen (secondary N) is 2. The number of carbonyl (C=O) groups is 1. The van der Waals surface area contributed by atoms with E-state index in [1.807, 2.05) is 50.2 Å². The Kier molecular flexibility index (Phi) is 6.14. The molecule has 0 spiro atoms. The van der Waals surface area contributed by atoms with E-state index in [4.69, 9.17) is 5.73 Å². The zero-order valence-corrected chi connectivity index (χ0v) is 16.6. The Morgan fingerprint density at radius 2 is 2.04 bits per heavy atom. The lowest BCUT2D eigenvalue weighted by Crippen LogP contribution is -2.50. The molecule has 2 unspecified atom stereocenters. The maximum absolute atomic E-state index is 14.9. The third-order valence-electron chi connectivity index (χ3n) is 5.44. The molecule has 1 aliphatic carbocycles. The van der Waals surface area contributed by atoms with Crippen molar-refractivity contribution in [3.8, 4) is 0 Å². The van der Waals surface area contributed by atoms with Crippen molar-refractivity contribution in [1.82, 2.24) is 10.3 Å². The number of halogens is 1. The second-order valence-corrected chi connectivity index (χ2v) is 7.41. The van der Waals surface area contributed by atoms with Crippen LogP contribution in [-0.4, -0.2) is 37.1 Å². The first-order chi connectivity index (χ1) is 13.4. The van der Waals surface area contributed by atoms with E-state index in [0.29, 0.717) is 0 Å². The third-order valence-corrected chi connectivity index (χ3v) is 5.44. The standard InChI is InChI=1S/C21H28FN5O/c1-13-7-6-8-14(11-13)25-20-15(19(23)28)12-16(22)21(26-20)27(3)18-10-5-4-9-17(18)24-2/h6-8,11-12,17-18,24H,4-5,9-10H2,1-3H3,(H2,23,28)(H,25,26). The Bertz CT molecular complexity index is 857. The Balaban J connectivity index is 1.98. The number of nitrogens with zero attached hydrogens (tertiary/aromatic N) is 2. The molecule has 6 nitrogen and oxygen atoms in total. The second-order valence-electron chi connectivity index (χ2n) is 7.41. The molecule has 7 heteroatoms. The van der Waals surface area contributed by atoms with Crippen LogP contribution < -0.4 is 21.3 Å². The number of rotatable bonds is 6. The third kappa shape index (κ3) is 4.25. The molecule has 1 aliphatic rings. The average molecular weight is 385 g/mol. The summed E-state index contributed by atoms with van der Waals surface area (Å²) in [5, 5.41) is 6.46. The molecule has 1 saturated carbocycles. The molecule has 0 bridgehead atoms. The number of pyridine rings is 1. The predicted octanol–water partition coefficient (Wildman–Crippen LogP) is 3.34. The Morgan fingerprint density at radius 1 is 1.29 bits per heavy atom. The van der Waals surface area contributed by atoms with Gasteiger partial charge >= 0.3 is 0 Å². The summed E-state index contributed by atoms with van der Waals surface area (Å²) >= 11 is 0. The van der Waals surface area contributed by atoms with Gasteiger partial charge in [0.25, 0.3) is 5.91 Å². The molecule has 1 fully saturated rings. The molecule has 0 radical (unpaired) electrons. The number of aromatic nitrogens is 1. The summed E-state index contributed by atoms with van der Waals surface area (Å²) in [6, 6.07) is 9.24. The molecule has 28 heavy (non-hydrogen) atoms. The number of nitrogens with two attached hydrogens (primary N) is 1. The summed E-state index contributed by atoms with van der Waals surface area (Å²) in [5.74, 6) is -0.793. The van der Waals surface area contributed by atoms with E-state index in [0.717, 1.165) is 36.9 Å². The number of benzene rings is 1. The highest BCUT2D eigenvalue weighted by Gasteiger charge is 2.30. The molecule has 1 aromatic heterocycles. The van der Waals surface area contributed by atoms with Crippen molar-refractivity contribution in [2.75, 3.05) is 24.3 Å². The monoisotopic (exact) mass is 385 g/mol. The smallest absolute Gasteiger partial charge is 0.252 e. The largest absolute Gasteiger partial charge is 0.365 e. The molecule has 3 rings (SSSR count). The van der Waals surface area contributed by atoms with E-state index in [-0.39, 0.29) is 29.3 Å². The predicted molar refractivity (Wildman–Crippen MR) is 111 cm³/mol. The summed E-state index contributed by atoms with van der Waals surface area (Å²) in [6.45, 7) is 1.97. The summed E-state index contributed by atoms with van der Waals surface area (Å²) in [5.41, 5.74) is 7.33. The minimum absolute atomic E-state index is 0.0324. The van der Waals surface area contributed by atoms with Gasteiger partial charge in [-0.15, -0.1) is 0 Å². The van der Waals surface area contributed by atoms with Gasteiger partial charge in [0.15, 0.2) is 11.6 Å². The molecule has 1 amide bonds. The van der Waals surface area contributed by atoms with E-state index >= 15 is 0 Å². The van der Waals surface area contributed by atoms with Gasteiger partial charge in [-0.1, -0.05) is 25.0 Å². The number of hydrogen-bond donors (Lipinski definition) is 3. The van der Waals surface area contributed by atoms with Gasteiger partial charge < -0.3 is 21.3 Å². The van der Waals surface area contributed by atoms with Crippen LogP contribution in [0, 0.1) is 12.7 Å². The zero-order chi connectivity index (χ0) is 20.3. The normalized spacial score (nSPS) is 19.3. The Labute approximate surface area is 165 Å². The van der Waals surface area contributed by atoms with Crippen LogP contribution in [0.2, 0.25) is 0 Å². The molecular weight excluding hydrogens is 357 g/mol. The maximum Gasteiger partial charge on any atom is 0.252 e. The van der Waals surface area contributed by atoms with Gasteiger partial charge in [-0.2, -0.15) is 0 Å². The van der Waals surface area contributed by atoms with Crippen molar-refractivity contribution in [3.05, 3.63) is 47.3 Å². The van der Waals surface area contributed by atoms with Crippen molar-refractivity contribution in [2.24, 2.45) is 5.73 Å². The maximum atomic E-state index is 14.9. The van der Waals surface area contributed by atoms with E-state index in [2.05, 4.69) is 15.6 Å². The summed E-state index contributed by atoms with van der Waals surface area (Å²) in [6.07, 6.45) is 4.26. The van der Waals surface area contributed by atoms with Crippen LogP contribution in [0.15, 0.2) is 30.3 Å². The molecule has 0 saturated heterocycles. The number of carbonyl (C=O) groups excluding carboxylic acids is 1. The summed E-state index contributed by atoms with van der Waals surface area (Å²) in [7, 11) is 3.79. The van der Waals surface area contributed by atoms with Crippen molar-refractivity contribution in [3.63, 3.8) is 0 Å². The molecule has 2 atom stereocenters. The van der Waals surface area contributed by atoms with Gasteiger partial charge in [0, 0.05) is 24.8 Å². The van der Waals surface area contributed by atoms with Crippen LogP contribution in [0.25, 0.3) is 0 Å². The zero-order valence-electron chi connectivity index (χ0n) is 16.6. The quantitative estimate of drug-likeness (QED) is 0.710. The SMILES string of the molecule is CNC1CCCCC1N(C)c1nc(Nc2cccc(C)c2)c(C(N)=O)cc1F. The number of primary amides is 1. The van der Waals surface area contributed by atoms with E-state index in [1.165, 1.54) is 6.07 Å². The molecule has 0 aliphatic heterocycles. The minimum Gasteiger partial charge on any atom is -0.365 e.